The second-order valence-corrected chi connectivity index (χ2v) is 4.01. The van der Waals surface area contributed by atoms with Crippen LogP contribution in [0.5, 0.6) is 5.75 Å². The molecule has 0 aliphatic rings. The molecule has 0 bridgehead atoms. The van der Waals surface area contributed by atoms with Crippen LogP contribution in [0.4, 0.5) is 11.5 Å². The van der Waals surface area contributed by atoms with E-state index < -0.39 is 0 Å². The number of nitrogens with two attached hydrogens (primary N) is 1. The van der Waals surface area contributed by atoms with Gasteiger partial charge < -0.3 is 20.8 Å². The molecule has 0 fully saturated rings. The molecule has 0 saturated heterocycles. The van der Waals surface area contributed by atoms with Gasteiger partial charge >= 0.3 is 0 Å². The van der Waals surface area contributed by atoms with Gasteiger partial charge in [0.05, 0.1) is 0 Å². The number of nitrogens with zero attached hydrogens (tertiary/aromatic N) is 1. The maximum absolute atomic E-state index is 11.3. The maximum Gasteiger partial charge on any atom is 0.252 e. The second kappa shape index (κ2) is 6.01. The highest BCUT2D eigenvalue weighted by molar-refractivity contribution is 5.57. The van der Waals surface area contributed by atoms with Crippen molar-refractivity contribution in [2.24, 2.45) is 5.73 Å². The van der Waals surface area contributed by atoms with Crippen molar-refractivity contribution < 1.29 is 4.74 Å². The number of aryl methyl sites for hydroxylation is 1. The van der Waals surface area contributed by atoms with Crippen molar-refractivity contribution in [1.82, 2.24) is 9.97 Å². The van der Waals surface area contributed by atoms with E-state index in [0.717, 1.165) is 11.4 Å². The van der Waals surface area contributed by atoms with E-state index in [2.05, 4.69) is 15.3 Å². The summed E-state index contributed by atoms with van der Waals surface area (Å²) in [5.74, 6) is 1.78. The average molecular weight is 260 g/mol. The number of anilines is 2. The Morgan fingerprint density at radius 2 is 2.26 bits per heavy atom. The second-order valence-electron chi connectivity index (χ2n) is 4.01. The number of aromatic nitrogens is 2. The minimum Gasteiger partial charge on any atom is -0.492 e. The summed E-state index contributed by atoms with van der Waals surface area (Å²) in [5.41, 5.74) is 5.99. The predicted molar refractivity (Wildman–Crippen MR) is 73.9 cm³/mol. The molecular weight excluding hydrogens is 244 g/mol. The van der Waals surface area contributed by atoms with Gasteiger partial charge in [0, 0.05) is 24.4 Å². The maximum atomic E-state index is 11.3. The Hall–Kier alpha value is -2.34. The summed E-state index contributed by atoms with van der Waals surface area (Å²) in [4.78, 5) is 18.1. The zero-order valence-electron chi connectivity index (χ0n) is 10.6. The van der Waals surface area contributed by atoms with Gasteiger partial charge in [0.1, 0.15) is 24.0 Å². The Kier molecular flexibility index (Phi) is 4.15. The van der Waals surface area contributed by atoms with E-state index in [1.54, 1.807) is 6.92 Å². The molecule has 4 N–H and O–H groups in total. The Morgan fingerprint density at radius 3 is 3.00 bits per heavy atom. The highest BCUT2D eigenvalue weighted by atomic mass is 16.5. The van der Waals surface area contributed by atoms with Gasteiger partial charge in [0.25, 0.3) is 5.56 Å². The van der Waals surface area contributed by atoms with Crippen LogP contribution in [0.1, 0.15) is 5.82 Å². The summed E-state index contributed by atoms with van der Waals surface area (Å²) in [6.07, 6.45) is 0. The summed E-state index contributed by atoms with van der Waals surface area (Å²) in [7, 11) is 0. The predicted octanol–water partition coefficient (Wildman–Crippen LogP) is 1.16. The van der Waals surface area contributed by atoms with Crippen LogP contribution in [-0.2, 0) is 0 Å². The molecule has 2 aromatic rings. The highest BCUT2D eigenvalue weighted by Gasteiger charge is 2.00. The van der Waals surface area contributed by atoms with Crippen LogP contribution in [0.2, 0.25) is 0 Å². The van der Waals surface area contributed by atoms with E-state index in [1.807, 2.05) is 24.3 Å². The minimum absolute atomic E-state index is 0.189. The first-order chi connectivity index (χ1) is 9.17. The summed E-state index contributed by atoms with van der Waals surface area (Å²) in [6, 6.07) is 8.80. The van der Waals surface area contributed by atoms with Gasteiger partial charge in [-0.1, -0.05) is 6.07 Å². The number of rotatable bonds is 5. The molecule has 6 nitrogen and oxygen atoms in total. The molecule has 2 rings (SSSR count). The number of hydrogen-bond acceptors (Lipinski definition) is 5. The van der Waals surface area contributed by atoms with E-state index in [0.29, 0.717) is 24.8 Å². The van der Waals surface area contributed by atoms with E-state index in [4.69, 9.17) is 10.5 Å². The van der Waals surface area contributed by atoms with Gasteiger partial charge in [-0.15, -0.1) is 0 Å². The normalized spacial score (nSPS) is 10.2. The SMILES string of the molecule is Cc1nc(Nc2cccc(OCCN)c2)cc(=O)[nH]1. The fourth-order valence-corrected chi connectivity index (χ4v) is 1.63. The molecule has 0 atom stereocenters. The topological polar surface area (TPSA) is 93.0 Å². The Bertz CT molecular complexity index is 610. The molecule has 100 valence electrons. The fraction of sp³-hybridized carbons (Fsp3) is 0.231. The highest BCUT2D eigenvalue weighted by Crippen LogP contribution is 2.19. The number of benzene rings is 1. The van der Waals surface area contributed by atoms with Gasteiger partial charge in [-0.3, -0.25) is 4.79 Å². The first-order valence-corrected chi connectivity index (χ1v) is 5.95. The van der Waals surface area contributed by atoms with E-state index in [-0.39, 0.29) is 5.56 Å². The number of aromatic amines is 1. The van der Waals surface area contributed by atoms with Gasteiger partial charge in [0.2, 0.25) is 0 Å². The third-order valence-electron chi connectivity index (χ3n) is 2.35. The Morgan fingerprint density at radius 1 is 1.42 bits per heavy atom. The van der Waals surface area contributed by atoms with Crippen LogP contribution in [-0.4, -0.2) is 23.1 Å². The third-order valence-corrected chi connectivity index (χ3v) is 2.35. The molecule has 0 radical (unpaired) electrons. The van der Waals surface area contributed by atoms with Crippen LogP contribution in [0, 0.1) is 6.92 Å². The van der Waals surface area contributed by atoms with Crippen molar-refractivity contribution in [2.45, 2.75) is 6.92 Å². The van der Waals surface area contributed by atoms with Crippen molar-refractivity contribution in [3.8, 4) is 5.75 Å². The Balaban J connectivity index is 2.16. The quantitative estimate of drug-likeness (QED) is 0.750. The molecule has 0 amide bonds. The summed E-state index contributed by atoms with van der Waals surface area (Å²) in [6.45, 7) is 2.66. The largest absolute Gasteiger partial charge is 0.492 e. The van der Waals surface area contributed by atoms with E-state index >= 15 is 0 Å². The lowest BCUT2D eigenvalue weighted by Crippen LogP contribution is -2.11. The molecular formula is C13H16N4O2. The average Bonchev–Trinajstić information content (AvgIpc) is 2.35. The summed E-state index contributed by atoms with van der Waals surface area (Å²) in [5, 5.41) is 3.06. The molecule has 0 saturated carbocycles. The van der Waals surface area contributed by atoms with E-state index in [1.165, 1.54) is 6.07 Å². The van der Waals surface area contributed by atoms with Gasteiger partial charge in [0.15, 0.2) is 0 Å². The third kappa shape index (κ3) is 3.82. The lowest BCUT2D eigenvalue weighted by molar-refractivity contribution is 0.328. The number of nitrogens with one attached hydrogen (secondary N) is 2. The zero-order chi connectivity index (χ0) is 13.7. The standard InChI is InChI=1S/C13H16N4O2/c1-9-15-12(8-13(18)16-9)17-10-3-2-4-11(7-10)19-6-5-14/h2-4,7-8H,5-6,14H2,1H3,(H2,15,16,17,18). The molecule has 0 aliphatic carbocycles. The van der Waals surface area contributed by atoms with Crippen molar-refractivity contribution in [1.29, 1.82) is 0 Å². The molecule has 0 spiro atoms. The summed E-state index contributed by atoms with van der Waals surface area (Å²) >= 11 is 0. The molecule has 1 heterocycles. The molecule has 1 aromatic heterocycles. The monoisotopic (exact) mass is 260 g/mol. The van der Waals surface area contributed by atoms with Crippen LogP contribution in [0.15, 0.2) is 35.1 Å². The van der Waals surface area contributed by atoms with Crippen molar-refractivity contribution in [2.75, 3.05) is 18.5 Å². The minimum atomic E-state index is -0.189. The number of H-pyrrole nitrogens is 1. The molecule has 6 heteroatoms. The molecule has 19 heavy (non-hydrogen) atoms. The van der Waals surface area contributed by atoms with Gasteiger partial charge in [-0.2, -0.15) is 0 Å². The Labute approximate surface area is 110 Å². The van der Waals surface area contributed by atoms with Crippen LogP contribution >= 0.6 is 0 Å². The van der Waals surface area contributed by atoms with Crippen molar-refractivity contribution in [3.63, 3.8) is 0 Å². The number of hydrogen-bond donors (Lipinski definition) is 3. The van der Waals surface area contributed by atoms with Crippen molar-refractivity contribution in [3.05, 3.63) is 46.5 Å². The first kappa shape index (κ1) is 13.1. The van der Waals surface area contributed by atoms with Crippen LogP contribution < -0.4 is 21.3 Å². The van der Waals surface area contributed by atoms with E-state index in [9.17, 15) is 4.79 Å². The van der Waals surface area contributed by atoms with Crippen LogP contribution in [0.25, 0.3) is 0 Å². The van der Waals surface area contributed by atoms with Crippen LogP contribution in [0.3, 0.4) is 0 Å². The molecule has 0 aliphatic heterocycles. The lowest BCUT2D eigenvalue weighted by atomic mass is 10.3. The summed E-state index contributed by atoms with van der Waals surface area (Å²) < 4.78 is 5.43. The first-order valence-electron chi connectivity index (χ1n) is 5.95. The van der Waals surface area contributed by atoms with Gasteiger partial charge in [-0.05, 0) is 19.1 Å². The molecule has 0 unspecified atom stereocenters. The zero-order valence-corrected chi connectivity index (χ0v) is 10.6. The molecule has 1 aromatic carbocycles. The smallest absolute Gasteiger partial charge is 0.252 e. The van der Waals surface area contributed by atoms with Gasteiger partial charge in [-0.25, -0.2) is 4.98 Å². The van der Waals surface area contributed by atoms with Crippen molar-refractivity contribution >= 4 is 11.5 Å². The fourth-order valence-electron chi connectivity index (χ4n) is 1.63. The lowest BCUT2D eigenvalue weighted by Gasteiger charge is -2.09. The number of ether oxygens (including phenoxy) is 1.